The molecule has 0 fully saturated rings. The molecule has 0 bridgehead atoms. The van der Waals surface area contributed by atoms with Crippen molar-refractivity contribution in [2.75, 3.05) is 13.2 Å². The lowest BCUT2D eigenvalue weighted by molar-refractivity contribution is 0.322. The summed E-state index contributed by atoms with van der Waals surface area (Å²) < 4.78 is 32.3. The van der Waals surface area contributed by atoms with Crippen LogP contribution in [-0.4, -0.2) is 26.7 Å². The Morgan fingerprint density at radius 2 is 1.76 bits per heavy atom. The van der Waals surface area contributed by atoms with E-state index >= 15 is 0 Å². The Kier molecular flexibility index (Phi) is 5.98. The summed E-state index contributed by atoms with van der Waals surface area (Å²) in [6.45, 7) is 6.61. The van der Waals surface area contributed by atoms with Crippen molar-refractivity contribution >= 4 is 21.6 Å². The molecule has 0 aliphatic heterocycles. The zero-order valence-corrected chi connectivity index (χ0v) is 16.0. The Balaban J connectivity index is 1.91. The van der Waals surface area contributed by atoms with Crippen molar-refractivity contribution < 1.29 is 18.3 Å². The third-order valence-corrected chi connectivity index (χ3v) is 5.42. The van der Waals surface area contributed by atoms with Gasteiger partial charge in [0, 0.05) is 6.54 Å². The number of hydrogen-bond acceptors (Lipinski definition) is 4. The van der Waals surface area contributed by atoms with E-state index in [0.717, 1.165) is 0 Å². The highest BCUT2D eigenvalue weighted by Crippen LogP contribution is 2.30. The van der Waals surface area contributed by atoms with Crippen LogP contribution in [0.2, 0.25) is 5.02 Å². The van der Waals surface area contributed by atoms with Crippen molar-refractivity contribution in [3.8, 4) is 11.5 Å². The van der Waals surface area contributed by atoms with Crippen LogP contribution in [0, 0.1) is 0 Å². The first-order chi connectivity index (χ1) is 11.6. The number of hydrogen-bond donors (Lipinski definition) is 2. The lowest BCUT2D eigenvalue weighted by Gasteiger charge is -2.19. The largest absolute Gasteiger partial charge is 0.505 e. The van der Waals surface area contributed by atoms with Gasteiger partial charge >= 0.3 is 0 Å². The molecule has 0 amide bonds. The summed E-state index contributed by atoms with van der Waals surface area (Å²) in [6, 6.07) is 11.9. The number of phenolic OH excluding ortho intramolecular Hbond substituents is 1. The van der Waals surface area contributed by atoms with Crippen LogP contribution >= 0.6 is 11.6 Å². The van der Waals surface area contributed by atoms with Crippen LogP contribution in [0.25, 0.3) is 0 Å². The maximum absolute atomic E-state index is 12.2. The van der Waals surface area contributed by atoms with E-state index in [0.29, 0.717) is 5.75 Å². The highest BCUT2D eigenvalue weighted by Gasteiger charge is 2.19. The molecule has 0 unspecified atom stereocenters. The number of nitrogens with one attached hydrogen (secondary N) is 1. The molecule has 25 heavy (non-hydrogen) atoms. The van der Waals surface area contributed by atoms with Gasteiger partial charge in [-0.05, 0) is 35.2 Å². The normalized spacial score (nSPS) is 12.2. The van der Waals surface area contributed by atoms with E-state index in [4.69, 9.17) is 16.3 Å². The van der Waals surface area contributed by atoms with Crippen molar-refractivity contribution in [1.82, 2.24) is 4.72 Å². The van der Waals surface area contributed by atoms with Crippen LogP contribution in [0.5, 0.6) is 11.5 Å². The van der Waals surface area contributed by atoms with Crippen molar-refractivity contribution in [2.24, 2.45) is 0 Å². The van der Waals surface area contributed by atoms with Crippen molar-refractivity contribution in [2.45, 2.75) is 31.1 Å². The lowest BCUT2D eigenvalue weighted by Crippen LogP contribution is -2.28. The number of halogens is 1. The van der Waals surface area contributed by atoms with E-state index in [1.165, 1.54) is 23.8 Å². The fourth-order valence-electron chi connectivity index (χ4n) is 2.19. The minimum atomic E-state index is -3.86. The Labute approximate surface area is 153 Å². The molecule has 2 aromatic carbocycles. The highest BCUT2D eigenvalue weighted by atomic mass is 35.5. The third kappa shape index (κ3) is 5.11. The van der Waals surface area contributed by atoms with Crippen LogP contribution in [0.4, 0.5) is 0 Å². The molecule has 0 aromatic heterocycles. The lowest BCUT2D eigenvalue weighted by atomic mass is 9.87. The van der Waals surface area contributed by atoms with Crippen LogP contribution in [0.15, 0.2) is 47.4 Å². The Morgan fingerprint density at radius 3 is 2.36 bits per heavy atom. The first-order valence-corrected chi connectivity index (χ1v) is 9.68. The molecule has 7 heteroatoms. The van der Waals surface area contributed by atoms with E-state index < -0.39 is 15.8 Å². The molecular formula is C18H22ClNO4S. The predicted octanol–water partition coefficient (Wildman–Crippen LogP) is 3.70. The van der Waals surface area contributed by atoms with E-state index in [1.807, 2.05) is 24.3 Å². The summed E-state index contributed by atoms with van der Waals surface area (Å²) in [5, 5.41) is 9.76. The molecule has 2 rings (SSSR count). The fourth-order valence-corrected chi connectivity index (χ4v) is 3.55. The van der Waals surface area contributed by atoms with E-state index in [1.54, 1.807) is 0 Å². The van der Waals surface area contributed by atoms with Gasteiger partial charge in [-0.25, -0.2) is 13.1 Å². The number of phenols is 1. The summed E-state index contributed by atoms with van der Waals surface area (Å²) in [4.78, 5) is -0.255. The van der Waals surface area contributed by atoms with Crippen LogP contribution in [0.3, 0.4) is 0 Å². The molecule has 0 atom stereocenters. The standard InChI is InChI=1S/C18H22ClNO4S/c1-18(2,3)13-7-9-14(10-8-13)24-12-11-20-25(22,23)16-6-4-5-15(19)17(16)21/h4-10,20-21H,11-12H2,1-3H3. The van der Waals surface area contributed by atoms with Crippen LogP contribution < -0.4 is 9.46 Å². The van der Waals surface area contributed by atoms with Gasteiger partial charge in [0.05, 0.1) is 5.02 Å². The monoisotopic (exact) mass is 383 g/mol. The number of rotatable bonds is 6. The van der Waals surface area contributed by atoms with Gasteiger partial charge < -0.3 is 9.84 Å². The topological polar surface area (TPSA) is 75.6 Å². The van der Waals surface area contributed by atoms with Gasteiger partial charge in [0.25, 0.3) is 0 Å². The Bertz CT molecular complexity index is 827. The van der Waals surface area contributed by atoms with Crippen molar-refractivity contribution in [3.63, 3.8) is 0 Å². The van der Waals surface area contributed by atoms with Crippen molar-refractivity contribution in [3.05, 3.63) is 53.1 Å². The average Bonchev–Trinajstić information content (AvgIpc) is 2.53. The summed E-state index contributed by atoms with van der Waals surface area (Å²) in [6.07, 6.45) is 0. The molecule has 0 spiro atoms. The zero-order valence-electron chi connectivity index (χ0n) is 14.4. The molecule has 0 aliphatic rings. The van der Waals surface area contributed by atoms with Gasteiger partial charge in [0.1, 0.15) is 17.3 Å². The predicted molar refractivity (Wildman–Crippen MR) is 98.9 cm³/mol. The maximum atomic E-state index is 12.2. The number of sulfonamides is 1. The Hall–Kier alpha value is -1.76. The molecule has 0 radical (unpaired) electrons. The minimum absolute atomic E-state index is 0.0157. The summed E-state index contributed by atoms with van der Waals surface area (Å²) in [5.74, 6) is 0.202. The molecule has 0 aliphatic carbocycles. The van der Waals surface area contributed by atoms with Gasteiger partial charge in [0.15, 0.2) is 5.75 Å². The zero-order chi connectivity index (χ0) is 18.7. The van der Waals surface area contributed by atoms with E-state index in [9.17, 15) is 13.5 Å². The van der Waals surface area contributed by atoms with Crippen LogP contribution in [0.1, 0.15) is 26.3 Å². The summed E-state index contributed by atoms with van der Waals surface area (Å²) >= 11 is 5.74. The first-order valence-electron chi connectivity index (χ1n) is 7.82. The summed E-state index contributed by atoms with van der Waals surface area (Å²) in [7, 11) is -3.86. The molecule has 2 N–H and O–H groups in total. The van der Waals surface area contributed by atoms with Gasteiger partial charge in [-0.3, -0.25) is 0 Å². The quantitative estimate of drug-likeness (QED) is 0.746. The molecule has 0 saturated heterocycles. The van der Waals surface area contributed by atoms with Gasteiger partial charge in [-0.2, -0.15) is 0 Å². The molecule has 5 nitrogen and oxygen atoms in total. The molecule has 0 heterocycles. The summed E-state index contributed by atoms with van der Waals surface area (Å²) in [5.41, 5.74) is 1.25. The molecule has 136 valence electrons. The van der Waals surface area contributed by atoms with Crippen LogP contribution in [-0.2, 0) is 15.4 Å². The molecular weight excluding hydrogens is 362 g/mol. The van der Waals surface area contributed by atoms with Gasteiger partial charge in [-0.1, -0.05) is 50.6 Å². The Morgan fingerprint density at radius 1 is 1.12 bits per heavy atom. The van der Waals surface area contributed by atoms with Crippen molar-refractivity contribution in [1.29, 1.82) is 0 Å². The van der Waals surface area contributed by atoms with Gasteiger partial charge in [0.2, 0.25) is 10.0 Å². The maximum Gasteiger partial charge on any atom is 0.244 e. The van der Waals surface area contributed by atoms with E-state index in [2.05, 4.69) is 25.5 Å². The second kappa shape index (κ2) is 7.64. The third-order valence-electron chi connectivity index (χ3n) is 3.62. The smallest absolute Gasteiger partial charge is 0.244 e. The number of ether oxygens (including phenoxy) is 1. The second-order valence-electron chi connectivity index (χ2n) is 6.61. The number of benzene rings is 2. The highest BCUT2D eigenvalue weighted by molar-refractivity contribution is 7.89. The molecule has 2 aromatic rings. The molecule has 0 saturated carbocycles. The van der Waals surface area contributed by atoms with Gasteiger partial charge in [-0.15, -0.1) is 0 Å². The number of para-hydroxylation sites is 1. The SMILES string of the molecule is CC(C)(C)c1ccc(OCCNS(=O)(=O)c2cccc(Cl)c2O)cc1. The first kappa shape index (κ1) is 19.6. The second-order valence-corrected chi connectivity index (χ2v) is 8.75. The average molecular weight is 384 g/mol. The fraction of sp³-hybridized carbons (Fsp3) is 0.333. The van der Waals surface area contributed by atoms with E-state index in [-0.39, 0.29) is 28.5 Å². The number of aromatic hydroxyl groups is 1. The minimum Gasteiger partial charge on any atom is -0.505 e.